The first-order valence-corrected chi connectivity index (χ1v) is 7.05. The summed E-state index contributed by atoms with van der Waals surface area (Å²) in [4.78, 5) is 20.0. The van der Waals surface area contributed by atoms with Crippen molar-refractivity contribution >= 4 is 11.6 Å². The average Bonchev–Trinajstić information content (AvgIpc) is 3.17. The Kier molecular flexibility index (Phi) is 4.20. The summed E-state index contributed by atoms with van der Waals surface area (Å²) in [6, 6.07) is 1.73. The predicted octanol–water partition coefficient (Wildman–Crippen LogP) is 1.56. The molecule has 0 atom stereocenters. The van der Waals surface area contributed by atoms with E-state index in [1.165, 1.54) is 17.5 Å². The van der Waals surface area contributed by atoms with E-state index in [4.69, 9.17) is 4.74 Å². The van der Waals surface area contributed by atoms with Crippen molar-refractivity contribution in [1.29, 1.82) is 0 Å². The summed E-state index contributed by atoms with van der Waals surface area (Å²) >= 11 is 0. The van der Waals surface area contributed by atoms with Crippen molar-refractivity contribution in [1.82, 2.24) is 19.7 Å². The molecule has 1 amide bonds. The number of aromatic nitrogens is 4. The quantitative estimate of drug-likeness (QED) is 0.902. The Morgan fingerprint density at radius 1 is 1.33 bits per heavy atom. The third kappa shape index (κ3) is 3.63. The molecular formula is C14H17N5O2. The van der Waals surface area contributed by atoms with Crippen molar-refractivity contribution in [3.63, 3.8) is 0 Å². The van der Waals surface area contributed by atoms with Crippen LogP contribution in [0.2, 0.25) is 0 Å². The molecule has 0 bridgehead atoms. The van der Waals surface area contributed by atoms with Crippen LogP contribution >= 0.6 is 0 Å². The fourth-order valence-corrected chi connectivity index (χ4v) is 2.35. The van der Waals surface area contributed by atoms with E-state index in [9.17, 15) is 4.79 Å². The van der Waals surface area contributed by atoms with Gasteiger partial charge in [0.05, 0.1) is 24.2 Å². The number of carbonyl (C=O) groups is 1. The van der Waals surface area contributed by atoms with Crippen molar-refractivity contribution in [2.24, 2.45) is 0 Å². The van der Waals surface area contributed by atoms with Crippen LogP contribution in [-0.2, 0) is 9.53 Å². The third-order valence-corrected chi connectivity index (χ3v) is 3.38. The second-order valence-electron chi connectivity index (χ2n) is 4.99. The Balaban J connectivity index is 1.53. The first kappa shape index (κ1) is 13.7. The first-order valence-electron chi connectivity index (χ1n) is 7.05. The van der Waals surface area contributed by atoms with Crippen LogP contribution in [0.5, 0.6) is 0 Å². The molecule has 0 unspecified atom stereocenters. The van der Waals surface area contributed by atoms with E-state index in [1.54, 1.807) is 30.9 Å². The summed E-state index contributed by atoms with van der Waals surface area (Å²) in [6.45, 7) is 0.0810. The van der Waals surface area contributed by atoms with Gasteiger partial charge in [0.15, 0.2) is 0 Å². The maximum absolute atomic E-state index is 11.8. The monoisotopic (exact) mass is 287 g/mol. The Labute approximate surface area is 122 Å². The molecule has 1 aliphatic carbocycles. The van der Waals surface area contributed by atoms with Crippen molar-refractivity contribution in [3.05, 3.63) is 30.9 Å². The maximum atomic E-state index is 11.8. The van der Waals surface area contributed by atoms with E-state index in [0.717, 1.165) is 12.8 Å². The molecule has 0 aliphatic heterocycles. The van der Waals surface area contributed by atoms with Crippen molar-refractivity contribution in [2.45, 2.75) is 31.8 Å². The summed E-state index contributed by atoms with van der Waals surface area (Å²) in [5, 5.41) is 6.87. The molecule has 2 heterocycles. The lowest BCUT2D eigenvalue weighted by molar-refractivity contribution is -0.122. The topological polar surface area (TPSA) is 81.9 Å². The van der Waals surface area contributed by atoms with Crippen LogP contribution in [-0.4, -0.2) is 38.4 Å². The molecule has 2 aromatic heterocycles. The number of rotatable bonds is 5. The van der Waals surface area contributed by atoms with Gasteiger partial charge in [-0.3, -0.25) is 4.79 Å². The van der Waals surface area contributed by atoms with Gasteiger partial charge in [-0.05, 0) is 18.9 Å². The van der Waals surface area contributed by atoms with Gasteiger partial charge in [0.25, 0.3) is 0 Å². The predicted molar refractivity (Wildman–Crippen MR) is 76.0 cm³/mol. The molecule has 1 aliphatic rings. The van der Waals surface area contributed by atoms with Gasteiger partial charge in [-0.25, -0.2) is 14.6 Å². The second kappa shape index (κ2) is 6.45. The molecule has 110 valence electrons. The summed E-state index contributed by atoms with van der Waals surface area (Å²) in [7, 11) is 0. The number of nitrogens with one attached hydrogen (secondary N) is 1. The van der Waals surface area contributed by atoms with Crippen molar-refractivity contribution in [2.75, 3.05) is 11.9 Å². The number of anilines is 1. The molecule has 1 saturated carbocycles. The van der Waals surface area contributed by atoms with Crippen LogP contribution in [0.4, 0.5) is 5.69 Å². The molecule has 21 heavy (non-hydrogen) atoms. The lowest BCUT2D eigenvalue weighted by atomic mass is 10.3. The summed E-state index contributed by atoms with van der Waals surface area (Å²) in [6.07, 6.45) is 11.2. The van der Waals surface area contributed by atoms with E-state index in [-0.39, 0.29) is 18.6 Å². The smallest absolute Gasteiger partial charge is 0.250 e. The van der Waals surface area contributed by atoms with Crippen LogP contribution < -0.4 is 5.32 Å². The summed E-state index contributed by atoms with van der Waals surface area (Å²) in [5.74, 6) is 0.288. The zero-order chi connectivity index (χ0) is 14.5. The van der Waals surface area contributed by atoms with Gasteiger partial charge in [-0.1, -0.05) is 12.8 Å². The minimum Gasteiger partial charge on any atom is -0.368 e. The molecular weight excluding hydrogens is 270 g/mol. The van der Waals surface area contributed by atoms with E-state index < -0.39 is 0 Å². The van der Waals surface area contributed by atoms with Gasteiger partial charge >= 0.3 is 0 Å². The molecule has 0 radical (unpaired) electrons. The highest BCUT2D eigenvalue weighted by molar-refractivity contribution is 5.91. The van der Waals surface area contributed by atoms with Gasteiger partial charge in [0.1, 0.15) is 6.61 Å². The van der Waals surface area contributed by atoms with Crippen molar-refractivity contribution in [3.8, 4) is 5.95 Å². The van der Waals surface area contributed by atoms with Gasteiger partial charge in [-0.15, -0.1) is 0 Å². The minimum absolute atomic E-state index is 0.0810. The molecule has 3 rings (SSSR count). The highest BCUT2D eigenvalue weighted by Gasteiger charge is 2.16. The Morgan fingerprint density at radius 3 is 2.86 bits per heavy atom. The second-order valence-corrected chi connectivity index (χ2v) is 4.99. The highest BCUT2D eigenvalue weighted by atomic mass is 16.5. The zero-order valence-corrected chi connectivity index (χ0v) is 11.6. The SMILES string of the molecule is O=C(COC1CCCC1)Nc1cnn(-c2ncccn2)c1. The van der Waals surface area contributed by atoms with Gasteiger partial charge < -0.3 is 10.1 Å². The third-order valence-electron chi connectivity index (χ3n) is 3.38. The van der Waals surface area contributed by atoms with Crippen LogP contribution in [0.3, 0.4) is 0 Å². The fourth-order valence-electron chi connectivity index (χ4n) is 2.35. The first-order chi connectivity index (χ1) is 10.3. The maximum Gasteiger partial charge on any atom is 0.250 e. The molecule has 0 saturated heterocycles. The Bertz CT molecular complexity index is 592. The van der Waals surface area contributed by atoms with E-state index in [1.807, 2.05) is 0 Å². The number of nitrogens with zero attached hydrogens (tertiary/aromatic N) is 4. The standard InChI is InChI=1S/C14H17N5O2/c20-13(10-21-12-4-1-2-5-12)18-11-8-17-19(9-11)14-15-6-3-7-16-14/h3,6-9,12H,1-2,4-5,10H2,(H,18,20). The van der Waals surface area contributed by atoms with Crippen LogP contribution in [0.25, 0.3) is 5.95 Å². The molecule has 1 fully saturated rings. The number of ether oxygens (including phenoxy) is 1. The Morgan fingerprint density at radius 2 is 2.10 bits per heavy atom. The van der Waals surface area contributed by atoms with Gasteiger partial charge in [0.2, 0.25) is 11.9 Å². The zero-order valence-electron chi connectivity index (χ0n) is 11.6. The lowest BCUT2D eigenvalue weighted by Crippen LogP contribution is -2.21. The van der Waals surface area contributed by atoms with Gasteiger partial charge in [0, 0.05) is 12.4 Å². The number of hydrogen-bond acceptors (Lipinski definition) is 5. The van der Waals surface area contributed by atoms with E-state index in [0.29, 0.717) is 11.6 Å². The van der Waals surface area contributed by atoms with Crippen molar-refractivity contribution < 1.29 is 9.53 Å². The summed E-state index contributed by atoms with van der Waals surface area (Å²) in [5.41, 5.74) is 0.600. The lowest BCUT2D eigenvalue weighted by Gasteiger charge is -2.10. The fraction of sp³-hybridized carbons (Fsp3) is 0.429. The minimum atomic E-state index is -0.171. The van der Waals surface area contributed by atoms with E-state index in [2.05, 4.69) is 20.4 Å². The Hall–Kier alpha value is -2.28. The molecule has 0 spiro atoms. The normalized spacial score (nSPS) is 15.2. The average molecular weight is 287 g/mol. The number of amides is 1. The number of hydrogen-bond donors (Lipinski definition) is 1. The van der Waals surface area contributed by atoms with Crippen LogP contribution in [0.15, 0.2) is 30.9 Å². The van der Waals surface area contributed by atoms with E-state index >= 15 is 0 Å². The molecule has 0 aromatic carbocycles. The molecule has 2 aromatic rings. The highest BCUT2D eigenvalue weighted by Crippen LogP contribution is 2.20. The summed E-state index contributed by atoms with van der Waals surface area (Å²) < 4.78 is 7.07. The van der Waals surface area contributed by atoms with Crippen LogP contribution in [0.1, 0.15) is 25.7 Å². The number of carbonyl (C=O) groups excluding carboxylic acids is 1. The van der Waals surface area contributed by atoms with Crippen LogP contribution in [0, 0.1) is 0 Å². The largest absolute Gasteiger partial charge is 0.368 e. The molecule has 1 N–H and O–H groups in total. The van der Waals surface area contributed by atoms with Gasteiger partial charge in [-0.2, -0.15) is 5.10 Å². The molecule has 7 heteroatoms. The molecule has 7 nitrogen and oxygen atoms in total.